The maximum atomic E-state index is 13.4. The molecule has 1 aromatic rings. The average Bonchev–Trinajstić information content (AvgIpc) is 3.36. The maximum absolute atomic E-state index is 13.4. The normalized spacial score (nSPS) is 24.3. The summed E-state index contributed by atoms with van der Waals surface area (Å²) in [6.07, 6.45) is 0.131. The van der Waals surface area contributed by atoms with Crippen molar-refractivity contribution in [2.75, 3.05) is 45.2 Å². The number of rotatable bonds is 6. The molecule has 3 saturated heterocycles. The van der Waals surface area contributed by atoms with Crippen LogP contribution in [0.2, 0.25) is 0 Å². The van der Waals surface area contributed by atoms with Gasteiger partial charge in [0, 0.05) is 19.6 Å². The van der Waals surface area contributed by atoms with Gasteiger partial charge in [-0.05, 0) is 12.0 Å². The van der Waals surface area contributed by atoms with Gasteiger partial charge in [-0.2, -0.15) is 0 Å². The van der Waals surface area contributed by atoms with E-state index in [-0.39, 0.29) is 30.8 Å². The number of carbonyl (C=O) groups is 3. The molecule has 3 aliphatic heterocycles. The zero-order valence-corrected chi connectivity index (χ0v) is 18.5. The van der Waals surface area contributed by atoms with Crippen molar-refractivity contribution in [2.24, 2.45) is 0 Å². The quantitative estimate of drug-likeness (QED) is 0.605. The van der Waals surface area contributed by atoms with Crippen LogP contribution in [0.1, 0.15) is 12.0 Å². The molecular weight excluding hydrogens is 438 g/mol. The Bertz CT molecular complexity index is 963. The van der Waals surface area contributed by atoms with E-state index in [2.05, 4.69) is 5.32 Å². The van der Waals surface area contributed by atoms with Crippen molar-refractivity contribution in [3.63, 3.8) is 0 Å². The van der Waals surface area contributed by atoms with Gasteiger partial charge in [0.1, 0.15) is 18.7 Å². The molecule has 11 heteroatoms. The van der Waals surface area contributed by atoms with E-state index in [1.54, 1.807) is 30.3 Å². The molecule has 3 heterocycles. The van der Waals surface area contributed by atoms with Crippen LogP contribution in [0.5, 0.6) is 0 Å². The molecule has 32 heavy (non-hydrogen) atoms. The summed E-state index contributed by atoms with van der Waals surface area (Å²) < 4.78 is 36.5. The van der Waals surface area contributed by atoms with E-state index in [1.165, 1.54) is 9.80 Å². The van der Waals surface area contributed by atoms with Crippen LogP contribution in [0.15, 0.2) is 30.3 Å². The van der Waals surface area contributed by atoms with Crippen molar-refractivity contribution < 1.29 is 32.3 Å². The van der Waals surface area contributed by atoms with Crippen LogP contribution in [0.3, 0.4) is 0 Å². The second-order valence-corrected chi connectivity index (χ2v) is 10.3. The van der Waals surface area contributed by atoms with Gasteiger partial charge in [-0.3, -0.25) is 9.59 Å². The smallest absolute Gasteiger partial charge is 0.318 e. The Morgan fingerprint density at radius 2 is 1.84 bits per heavy atom. The Balaban J connectivity index is 1.52. The number of ketones is 1. The number of sulfone groups is 1. The van der Waals surface area contributed by atoms with Crippen LogP contribution < -0.4 is 5.32 Å². The number of carbonyl (C=O) groups excluding carboxylic acids is 3. The summed E-state index contributed by atoms with van der Waals surface area (Å²) in [5, 5.41) is 2.61. The topological polar surface area (TPSA) is 122 Å². The molecule has 0 aliphatic carbocycles. The van der Waals surface area contributed by atoms with Crippen LogP contribution in [-0.2, 0) is 34.7 Å². The van der Waals surface area contributed by atoms with Gasteiger partial charge in [0.2, 0.25) is 5.91 Å². The first-order chi connectivity index (χ1) is 15.3. The fourth-order valence-electron chi connectivity index (χ4n) is 4.36. The molecule has 0 radical (unpaired) electrons. The number of urea groups is 1. The number of ether oxygens (including phenoxy) is 2. The molecule has 0 spiro atoms. The fraction of sp³-hybridized carbons (Fsp3) is 0.571. The van der Waals surface area contributed by atoms with Gasteiger partial charge >= 0.3 is 6.03 Å². The van der Waals surface area contributed by atoms with E-state index in [1.807, 2.05) is 0 Å². The highest BCUT2D eigenvalue weighted by Gasteiger charge is 2.48. The van der Waals surface area contributed by atoms with E-state index in [4.69, 9.17) is 9.47 Å². The summed E-state index contributed by atoms with van der Waals surface area (Å²) in [6.45, 7) is 1.67. The zero-order chi connectivity index (χ0) is 22.7. The first-order valence-electron chi connectivity index (χ1n) is 10.7. The highest BCUT2D eigenvalue weighted by atomic mass is 32.2. The number of nitrogens with one attached hydrogen (secondary N) is 1. The molecule has 3 fully saturated rings. The molecule has 3 unspecified atom stereocenters. The van der Waals surface area contributed by atoms with Gasteiger partial charge in [-0.25, -0.2) is 13.2 Å². The third-order valence-electron chi connectivity index (χ3n) is 5.94. The SMILES string of the molecule is O=C1COC2CCN(C(=O)C(CS(=O)(=O)Cc3ccccc3)NC(=O)N3CCOCC3)C12. The van der Waals surface area contributed by atoms with Crippen molar-refractivity contribution in [2.45, 2.75) is 30.4 Å². The Labute approximate surface area is 186 Å². The van der Waals surface area contributed by atoms with Crippen molar-refractivity contribution in [1.29, 1.82) is 0 Å². The molecule has 0 saturated carbocycles. The Kier molecular flexibility index (Phi) is 6.77. The van der Waals surface area contributed by atoms with Crippen LogP contribution >= 0.6 is 0 Å². The summed E-state index contributed by atoms with van der Waals surface area (Å²) in [4.78, 5) is 41.2. The van der Waals surface area contributed by atoms with E-state index in [0.29, 0.717) is 38.3 Å². The Hall–Kier alpha value is -2.50. The average molecular weight is 466 g/mol. The molecule has 10 nitrogen and oxygen atoms in total. The number of morpholine rings is 1. The highest BCUT2D eigenvalue weighted by Crippen LogP contribution is 2.27. The minimum atomic E-state index is -3.74. The summed E-state index contributed by atoms with van der Waals surface area (Å²) in [6, 6.07) is 6.11. The van der Waals surface area contributed by atoms with Crippen LogP contribution in [0, 0.1) is 0 Å². The van der Waals surface area contributed by atoms with E-state index in [0.717, 1.165) is 0 Å². The predicted octanol–water partition coefficient (Wildman–Crippen LogP) is -0.419. The predicted molar refractivity (Wildman–Crippen MR) is 114 cm³/mol. The number of amides is 3. The molecule has 0 aromatic heterocycles. The number of fused-ring (bicyclic) bond motifs is 1. The zero-order valence-electron chi connectivity index (χ0n) is 17.6. The number of benzene rings is 1. The molecule has 0 bridgehead atoms. The van der Waals surface area contributed by atoms with Crippen LogP contribution in [0.4, 0.5) is 4.79 Å². The Morgan fingerprint density at radius 1 is 1.12 bits per heavy atom. The number of nitrogens with zero attached hydrogens (tertiary/aromatic N) is 2. The van der Waals surface area contributed by atoms with Gasteiger partial charge in [-0.15, -0.1) is 0 Å². The molecule has 3 atom stereocenters. The van der Waals surface area contributed by atoms with Crippen molar-refractivity contribution in [3.05, 3.63) is 35.9 Å². The van der Waals surface area contributed by atoms with Gasteiger partial charge in [0.15, 0.2) is 15.6 Å². The molecule has 1 N–H and O–H groups in total. The number of Topliss-reactive ketones (excluding diaryl/α,β-unsaturated/α-hetero) is 1. The van der Waals surface area contributed by atoms with E-state index < -0.39 is 39.6 Å². The number of hydrogen-bond acceptors (Lipinski definition) is 7. The largest absolute Gasteiger partial charge is 0.378 e. The highest BCUT2D eigenvalue weighted by molar-refractivity contribution is 7.90. The van der Waals surface area contributed by atoms with Gasteiger partial charge in [0.05, 0.1) is 30.8 Å². The standard InChI is InChI=1S/C21H27N3O7S/c25-17-12-31-18-6-7-24(19(17)18)20(26)16(22-21(27)23-8-10-30-11-9-23)14-32(28,29)13-15-4-2-1-3-5-15/h1-5,16,18-19H,6-14H2,(H,22,27). The minimum Gasteiger partial charge on any atom is -0.378 e. The fourth-order valence-corrected chi connectivity index (χ4v) is 5.92. The maximum Gasteiger partial charge on any atom is 0.318 e. The second kappa shape index (κ2) is 9.55. The van der Waals surface area contributed by atoms with Crippen LogP contribution in [0.25, 0.3) is 0 Å². The molecule has 4 rings (SSSR count). The minimum absolute atomic E-state index is 0.0593. The molecule has 1 aromatic carbocycles. The van der Waals surface area contributed by atoms with Crippen molar-refractivity contribution in [1.82, 2.24) is 15.1 Å². The molecule has 3 aliphatic rings. The first kappa shape index (κ1) is 22.7. The lowest BCUT2D eigenvalue weighted by Crippen LogP contribution is -2.57. The summed E-state index contributed by atoms with van der Waals surface area (Å²) in [7, 11) is -3.74. The lowest BCUT2D eigenvalue weighted by molar-refractivity contribution is -0.137. The van der Waals surface area contributed by atoms with E-state index in [9.17, 15) is 22.8 Å². The van der Waals surface area contributed by atoms with E-state index >= 15 is 0 Å². The lowest BCUT2D eigenvalue weighted by atomic mass is 10.1. The summed E-state index contributed by atoms with van der Waals surface area (Å²) in [5.41, 5.74) is 0.596. The second-order valence-electron chi connectivity index (χ2n) is 8.22. The third kappa shape index (κ3) is 5.11. The summed E-state index contributed by atoms with van der Waals surface area (Å²) >= 11 is 0. The monoisotopic (exact) mass is 465 g/mol. The van der Waals surface area contributed by atoms with Gasteiger partial charge < -0.3 is 24.6 Å². The first-order valence-corrected chi connectivity index (χ1v) is 12.5. The summed E-state index contributed by atoms with van der Waals surface area (Å²) in [5.74, 6) is -1.58. The number of likely N-dealkylation sites (tertiary alicyclic amines) is 1. The molecule has 174 valence electrons. The number of hydrogen-bond donors (Lipinski definition) is 1. The Morgan fingerprint density at radius 3 is 2.56 bits per heavy atom. The molecular formula is C21H27N3O7S. The van der Waals surface area contributed by atoms with Crippen LogP contribution in [-0.4, -0.2) is 99.3 Å². The van der Waals surface area contributed by atoms with Crippen molar-refractivity contribution in [3.8, 4) is 0 Å². The third-order valence-corrected chi connectivity index (χ3v) is 7.55. The van der Waals surface area contributed by atoms with Gasteiger partial charge in [0.25, 0.3) is 0 Å². The lowest BCUT2D eigenvalue weighted by Gasteiger charge is -2.31. The van der Waals surface area contributed by atoms with Crippen molar-refractivity contribution >= 4 is 27.6 Å². The molecule has 3 amide bonds. The van der Waals surface area contributed by atoms with Gasteiger partial charge in [-0.1, -0.05) is 30.3 Å².